The van der Waals surface area contributed by atoms with Gasteiger partial charge in [0.25, 0.3) is 0 Å². The molecule has 18 heavy (non-hydrogen) atoms. The second kappa shape index (κ2) is 3.98. The van der Waals surface area contributed by atoms with E-state index < -0.39 is 0 Å². The topological polar surface area (TPSA) is 46.5 Å². The molecule has 0 bridgehead atoms. The van der Waals surface area contributed by atoms with Crippen LogP contribution in [0.3, 0.4) is 0 Å². The third-order valence-electron chi connectivity index (χ3n) is 3.30. The van der Waals surface area contributed by atoms with Crippen LogP contribution in [-0.4, -0.2) is 20.0 Å². The summed E-state index contributed by atoms with van der Waals surface area (Å²) < 4.78 is 1.82. The van der Waals surface area contributed by atoms with E-state index in [0.29, 0.717) is 0 Å². The molecule has 0 aliphatic rings. The number of nitrogens with zero attached hydrogens (tertiary/aromatic N) is 3. The average molecular weight is 239 g/mol. The van der Waals surface area contributed by atoms with Crippen molar-refractivity contribution in [3.63, 3.8) is 0 Å². The molecule has 0 fully saturated rings. The van der Waals surface area contributed by atoms with E-state index in [-0.39, 0.29) is 5.41 Å². The average Bonchev–Trinajstić information content (AvgIpc) is 2.96. The number of hydrogen-bond donors (Lipinski definition) is 1. The molecule has 0 unspecified atom stereocenters. The Kier molecular flexibility index (Phi) is 2.44. The molecule has 2 heterocycles. The quantitative estimate of drug-likeness (QED) is 0.763. The molecular formula is C14H15N4. The summed E-state index contributed by atoms with van der Waals surface area (Å²) in [7, 11) is 0. The SMILES string of the molecule is CC(C)(Cn1c[c]nn1)c1c[nH]c2ccccc12. The Labute approximate surface area is 106 Å². The van der Waals surface area contributed by atoms with Crippen LogP contribution in [0.5, 0.6) is 0 Å². The Morgan fingerprint density at radius 1 is 1.33 bits per heavy atom. The van der Waals surface area contributed by atoms with Gasteiger partial charge in [-0.1, -0.05) is 37.3 Å². The summed E-state index contributed by atoms with van der Waals surface area (Å²) in [6.07, 6.45) is 6.59. The molecule has 1 N–H and O–H groups in total. The summed E-state index contributed by atoms with van der Waals surface area (Å²) in [5, 5.41) is 8.99. The monoisotopic (exact) mass is 239 g/mol. The summed E-state index contributed by atoms with van der Waals surface area (Å²) in [4.78, 5) is 3.32. The van der Waals surface area contributed by atoms with E-state index in [2.05, 4.69) is 59.7 Å². The second-order valence-corrected chi connectivity index (χ2v) is 5.18. The van der Waals surface area contributed by atoms with Gasteiger partial charge in [0.2, 0.25) is 0 Å². The molecule has 2 aromatic heterocycles. The number of benzene rings is 1. The van der Waals surface area contributed by atoms with Crippen molar-refractivity contribution in [2.45, 2.75) is 25.8 Å². The summed E-state index contributed by atoms with van der Waals surface area (Å²) in [5.41, 5.74) is 2.46. The van der Waals surface area contributed by atoms with Crippen molar-refractivity contribution in [2.75, 3.05) is 0 Å². The minimum Gasteiger partial charge on any atom is -0.361 e. The molecule has 0 aliphatic heterocycles. The lowest BCUT2D eigenvalue weighted by Gasteiger charge is -2.24. The predicted molar refractivity (Wildman–Crippen MR) is 70.2 cm³/mol. The first kappa shape index (κ1) is 11.0. The first-order valence-corrected chi connectivity index (χ1v) is 5.99. The molecular weight excluding hydrogens is 224 g/mol. The molecule has 0 aliphatic carbocycles. The molecule has 4 heteroatoms. The van der Waals surface area contributed by atoms with Gasteiger partial charge in [-0.15, -0.1) is 5.10 Å². The van der Waals surface area contributed by atoms with Crippen molar-refractivity contribution in [3.8, 4) is 0 Å². The van der Waals surface area contributed by atoms with Crippen LogP contribution in [0.2, 0.25) is 0 Å². The van der Waals surface area contributed by atoms with Gasteiger partial charge in [-0.25, -0.2) is 0 Å². The zero-order chi connectivity index (χ0) is 12.6. The third-order valence-corrected chi connectivity index (χ3v) is 3.30. The Bertz CT molecular complexity index is 649. The van der Waals surface area contributed by atoms with Gasteiger partial charge in [0.05, 0.1) is 12.7 Å². The fourth-order valence-electron chi connectivity index (χ4n) is 2.40. The van der Waals surface area contributed by atoms with Crippen molar-refractivity contribution in [2.24, 2.45) is 0 Å². The lowest BCUT2D eigenvalue weighted by atomic mass is 9.84. The first-order chi connectivity index (χ1) is 8.67. The summed E-state index contributed by atoms with van der Waals surface area (Å²) >= 11 is 0. The largest absolute Gasteiger partial charge is 0.361 e. The van der Waals surface area contributed by atoms with Crippen molar-refractivity contribution >= 4 is 10.9 Å². The van der Waals surface area contributed by atoms with E-state index in [4.69, 9.17) is 0 Å². The number of rotatable bonds is 3. The first-order valence-electron chi connectivity index (χ1n) is 5.99. The van der Waals surface area contributed by atoms with Gasteiger partial charge >= 0.3 is 0 Å². The van der Waals surface area contributed by atoms with Gasteiger partial charge in [0, 0.05) is 22.5 Å². The van der Waals surface area contributed by atoms with Gasteiger partial charge in [-0.05, 0) is 11.6 Å². The molecule has 91 valence electrons. The normalized spacial score (nSPS) is 12.1. The molecule has 0 atom stereocenters. The van der Waals surface area contributed by atoms with E-state index in [1.165, 1.54) is 16.5 Å². The molecule has 0 saturated heterocycles. The maximum Gasteiger partial charge on any atom is 0.134 e. The fourth-order valence-corrected chi connectivity index (χ4v) is 2.40. The smallest absolute Gasteiger partial charge is 0.134 e. The molecule has 0 saturated carbocycles. The van der Waals surface area contributed by atoms with Crippen LogP contribution < -0.4 is 0 Å². The third kappa shape index (κ3) is 1.79. The molecule has 1 aromatic carbocycles. The Balaban J connectivity index is 2.02. The predicted octanol–water partition coefficient (Wildman–Crippen LogP) is 2.54. The lowest BCUT2D eigenvalue weighted by Crippen LogP contribution is -2.24. The summed E-state index contributed by atoms with van der Waals surface area (Å²) in [6.45, 7) is 5.21. The summed E-state index contributed by atoms with van der Waals surface area (Å²) in [6, 6.07) is 8.36. The Hall–Kier alpha value is -2.10. The minimum absolute atomic E-state index is 0.0128. The number of para-hydroxylation sites is 1. The van der Waals surface area contributed by atoms with Gasteiger partial charge < -0.3 is 4.98 Å². The van der Waals surface area contributed by atoms with Gasteiger partial charge in [0.15, 0.2) is 0 Å². The van der Waals surface area contributed by atoms with E-state index in [9.17, 15) is 0 Å². The number of aromatic nitrogens is 4. The zero-order valence-corrected chi connectivity index (χ0v) is 10.5. The second-order valence-electron chi connectivity index (χ2n) is 5.18. The highest BCUT2D eigenvalue weighted by Gasteiger charge is 2.24. The maximum atomic E-state index is 3.99. The van der Waals surface area contributed by atoms with E-state index in [1.54, 1.807) is 6.20 Å². The van der Waals surface area contributed by atoms with Gasteiger partial charge in [-0.3, -0.25) is 4.68 Å². The standard InChI is InChI=1S/C14H15N4/c1-14(2,10-18-8-7-16-17-18)12-9-15-13-6-4-3-5-11(12)13/h3-6,8-9,15H,10H2,1-2H3. The molecule has 0 spiro atoms. The van der Waals surface area contributed by atoms with E-state index >= 15 is 0 Å². The van der Waals surface area contributed by atoms with Gasteiger partial charge in [0.1, 0.15) is 6.20 Å². The highest BCUT2D eigenvalue weighted by molar-refractivity contribution is 5.84. The molecule has 1 radical (unpaired) electrons. The van der Waals surface area contributed by atoms with E-state index in [0.717, 1.165) is 6.54 Å². The summed E-state index contributed by atoms with van der Waals surface area (Å²) in [5.74, 6) is 0. The molecule has 4 nitrogen and oxygen atoms in total. The highest BCUT2D eigenvalue weighted by Crippen LogP contribution is 2.31. The van der Waals surface area contributed by atoms with Crippen LogP contribution in [0.25, 0.3) is 10.9 Å². The zero-order valence-electron chi connectivity index (χ0n) is 10.5. The fraction of sp³-hybridized carbons (Fsp3) is 0.286. The molecule has 3 rings (SSSR count). The Morgan fingerprint density at radius 2 is 2.17 bits per heavy atom. The van der Waals surface area contributed by atoms with Crippen molar-refractivity contribution in [1.82, 2.24) is 20.0 Å². The number of nitrogens with one attached hydrogen (secondary N) is 1. The number of fused-ring (bicyclic) bond motifs is 1. The van der Waals surface area contributed by atoms with Crippen LogP contribution >= 0.6 is 0 Å². The van der Waals surface area contributed by atoms with Crippen molar-refractivity contribution in [3.05, 3.63) is 48.4 Å². The molecule has 3 aromatic rings. The minimum atomic E-state index is -0.0128. The van der Waals surface area contributed by atoms with Gasteiger partial charge in [-0.2, -0.15) is 0 Å². The molecule has 0 amide bonds. The van der Waals surface area contributed by atoms with Crippen LogP contribution in [0.4, 0.5) is 0 Å². The van der Waals surface area contributed by atoms with Crippen LogP contribution in [0, 0.1) is 6.20 Å². The van der Waals surface area contributed by atoms with Crippen LogP contribution in [0.1, 0.15) is 19.4 Å². The van der Waals surface area contributed by atoms with Crippen LogP contribution in [0.15, 0.2) is 36.7 Å². The highest BCUT2D eigenvalue weighted by atomic mass is 15.4. The number of aromatic amines is 1. The maximum absolute atomic E-state index is 3.99. The van der Waals surface area contributed by atoms with Crippen LogP contribution in [-0.2, 0) is 12.0 Å². The number of H-pyrrole nitrogens is 1. The van der Waals surface area contributed by atoms with Crippen molar-refractivity contribution in [1.29, 1.82) is 0 Å². The van der Waals surface area contributed by atoms with Crippen molar-refractivity contribution < 1.29 is 0 Å². The van der Waals surface area contributed by atoms with E-state index in [1.807, 2.05) is 10.7 Å². The number of hydrogen-bond acceptors (Lipinski definition) is 2. The lowest BCUT2D eigenvalue weighted by molar-refractivity contribution is 0.404. The Morgan fingerprint density at radius 3 is 2.94 bits per heavy atom.